The van der Waals surface area contributed by atoms with Crippen molar-refractivity contribution in [2.45, 2.75) is 20.3 Å². The molecule has 0 fully saturated rings. The van der Waals surface area contributed by atoms with Crippen molar-refractivity contribution in [1.29, 1.82) is 0 Å². The molecule has 0 aliphatic rings. The summed E-state index contributed by atoms with van der Waals surface area (Å²) in [4.78, 5) is 22.0. The zero-order valence-corrected chi connectivity index (χ0v) is 11.3. The molecule has 5 heteroatoms. The normalized spacial score (nSPS) is 10.8. The minimum Gasteiger partial charge on any atom is -0.397 e. The van der Waals surface area contributed by atoms with E-state index >= 15 is 0 Å². The largest absolute Gasteiger partial charge is 0.433 e. The van der Waals surface area contributed by atoms with E-state index in [0.29, 0.717) is 11.5 Å². The minimum absolute atomic E-state index is 0.0201. The molecule has 0 aliphatic heterocycles. The Hall–Kier alpha value is -2.43. The van der Waals surface area contributed by atoms with Crippen molar-refractivity contribution >= 4 is 11.7 Å². The van der Waals surface area contributed by atoms with Crippen LogP contribution in [0.4, 0.5) is 5.88 Å². The molecule has 20 heavy (non-hydrogen) atoms. The number of nitrogens with zero attached hydrogens (tertiary/aromatic N) is 1. The van der Waals surface area contributed by atoms with Crippen molar-refractivity contribution in [2.75, 3.05) is 0 Å². The third-order valence-electron chi connectivity index (χ3n) is 2.86. The van der Waals surface area contributed by atoms with Crippen LogP contribution in [0.5, 0.6) is 0 Å². The number of carbonyl (C=O) groups excluding carboxylic acids is 1. The molecule has 5 nitrogen and oxygen atoms in total. The van der Waals surface area contributed by atoms with Crippen molar-refractivity contribution in [3.05, 3.63) is 63.4 Å². The standard InChI is InChI=1S/C15H15NO4/c1-10(2)9-11-3-5-12(6-4-11)15(17)13-7-8-14(20-13)16(18)19/h3-8,10H,9H2,1-2H3. The van der Waals surface area contributed by atoms with Gasteiger partial charge in [-0.25, -0.2) is 0 Å². The quantitative estimate of drug-likeness (QED) is 0.474. The summed E-state index contributed by atoms with van der Waals surface area (Å²) >= 11 is 0. The van der Waals surface area contributed by atoms with Crippen molar-refractivity contribution in [3.8, 4) is 0 Å². The molecule has 2 aromatic rings. The predicted molar refractivity (Wildman–Crippen MR) is 73.8 cm³/mol. The van der Waals surface area contributed by atoms with Crippen LogP contribution >= 0.6 is 0 Å². The summed E-state index contributed by atoms with van der Waals surface area (Å²) in [5.74, 6) is -0.253. The highest BCUT2D eigenvalue weighted by Crippen LogP contribution is 2.19. The van der Waals surface area contributed by atoms with E-state index in [0.717, 1.165) is 12.0 Å². The van der Waals surface area contributed by atoms with Gasteiger partial charge in [0.2, 0.25) is 5.78 Å². The number of hydrogen-bond donors (Lipinski definition) is 0. The Labute approximate surface area is 116 Å². The maximum atomic E-state index is 12.1. The lowest BCUT2D eigenvalue weighted by molar-refractivity contribution is -0.402. The van der Waals surface area contributed by atoms with Gasteiger partial charge in [-0.05, 0) is 24.0 Å². The number of benzene rings is 1. The van der Waals surface area contributed by atoms with Gasteiger partial charge in [-0.15, -0.1) is 0 Å². The van der Waals surface area contributed by atoms with Crippen molar-refractivity contribution in [3.63, 3.8) is 0 Å². The second-order valence-corrected chi connectivity index (χ2v) is 5.02. The number of hydrogen-bond acceptors (Lipinski definition) is 4. The molecule has 0 atom stereocenters. The van der Waals surface area contributed by atoms with E-state index in [9.17, 15) is 14.9 Å². The zero-order valence-electron chi connectivity index (χ0n) is 11.3. The van der Waals surface area contributed by atoms with Crippen molar-refractivity contribution in [1.82, 2.24) is 0 Å². The Morgan fingerprint density at radius 3 is 2.35 bits per heavy atom. The maximum Gasteiger partial charge on any atom is 0.433 e. The van der Waals surface area contributed by atoms with Crippen LogP contribution in [0, 0.1) is 16.0 Å². The number of rotatable bonds is 5. The Bertz CT molecular complexity index is 626. The molecular weight excluding hydrogens is 258 g/mol. The monoisotopic (exact) mass is 273 g/mol. The fraction of sp³-hybridized carbons (Fsp3) is 0.267. The number of ketones is 1. The summed E-state index contributed by atoms with van der Waals surface area (Å²) in [6.45, 7) is 4.25. The van der Waals surface area contributed by atoms with E-state index in [-0.39, 0.29) is 11.5 Å². The highest BCUT2D eigenvalue weighted by atomic mass is 16.6. The predicted octanol–water partition coefficient (Wildman–Crippen LogP) is 3.62. The summed E-state index contributed by atoms with van der Waals surface area (Å²) in [5, 5.41) is 10.5. The van der Waals surface area contributed by atoms with E-state index < -0.39 is 10.8 Å². The lowest BCUT2D eigenvalue weighted by atomic mass is 10.0. The number of nitro groups is 1. The summed E-state index contributed by atoms with van der Waals surface area (Å²) in [5.41, 5.74) is 1.61. The van der Waals surface area contributed by atoms with Gasteiger partial charge >= 0.3 is 5.88 Å². The molecule has 0 N–H and O–H groups in total. The van der Waals surface area contributed by atoms with Gasteiger partial charge in [0.15, 0.2) is 5.76 Å². The average Bonchev–Trinajstić information content (AvgIpc) is 2.88. The van der Waals surface area contributed by atoms with Crippen LogP contribution in [0.25, 0.3) is 0 Å². The number of furan rings is 1. The van der Waals surface area contributed by atoms with Gasteiger partial charge < -0.3 is 4.42 Å². The molecule has 0 saturated heterocycles. The van der Waals surface area contributed by atoms with Gasteiger partial charge in [0.25, 0.3) is 0 Å². The first kappa shape index (κ1) is 14.0. The maximum absolute atomic E-state index is 12.1. The minimum atomic E-state index is -0.664. The summed E-state index contributed by atoms with van der Waals surface area (Å²) in [7, 11) is 0. The van der Waals surface area contributed by atoms with Gasteiger partial charge in [0.05, 0.1) is 6.07 Å². The molecule has 0 aliphatic carbocycles. The van der Waals surface area contributed by atoms with Crippen molar-refractivity contribution < 1.29 is 14.1 Å². The second kappa shape index (κ2) is 5.69. The molecule has 0 radical (unpaired) electrons. The Morgan fingerprint density at radius 1 is 1.20 bits per heavy atom. The first-order chi connectivity index (χ1) is 9.47. The second-order valence-electron chi connectivity index (χ2n) is 5.02. The van der Waals surface area contributed by atoms with Crippen LogP contribution in [0.2, 0.25) is 0 Å². The van der Waals surface area contributed by atoms with Gasteiger partial charge in [-0.3, -0.25) is 14.9 Å². The third-order valence-corrected chi connectivity index (χ3v) is 2.86. The van der Waals surface area contributed by atoms with Gasteiger partial charge in [-0.1, -0.05) is 38.1 Å². The van der Waals surface area contributed by atoms with Gasteiger partial charge in [0, 0.05) is 5.56 Å². The van der Waals surface area contributed by atoms with Crippen LogP contribution in [0.3, 0.4) is 0 Å². The zero-order chi connectivity index (χ0) is 14.7. The van der Waals surface area contributed by atoms with E-state index in [1.165, 1.54) is 12.1 Å². The van der Waals surface area contributed by atoms with Crippen LogP contribution in [0.15, 0.2) is 40.8 Å². The van der Waals surface area contributed by atoms with Crippen LogP contribution < -0.4 is 0 Å². The first-order valence-corrected chi connectivity index (χ1v) is 6.35. The summed E-state index contributed by atoms with van der Waals surface area (Å²) in [6.07, 6.45) is 0.945. The molecule has 0 unspecified atom stereocenters. The molecule has 0 amide bonds. The van der Waals surface area contributed by atoms with Crippen molar-refractivity contribution in [2.24, 2.45) is 5.92 Å². The molecule has 0 spiro atoms. The molecule has 1 aromatic carbocycles. The molecule has 0 saturated carbocycles. The smallest absolute Gasteiger partial charge is 0.397 e. The van der Waals surface area contributed by atoms with Crippen LogP contribution in [0.1, 0.15) is 35.5 Å². The first-order valence-electron chi connectivity index (χ1n) is 6.35. The van der Waals surface area contributed by atoms with Gasteiger partial charge in [0.1, 0.15) is 4.92 Å². The molecule has 1 aromatic heterocycles. The SMILES string of the molecule is CC(C)Cc1ccc(C(=O)c2ccc([N+](=O)[O-])o2)cc1. The van der Waals surface area contributed by atoms with E-state index in [1.807, 2.05) is 12.1 Å². The highest BCUT2D eigenvalue weighted by Gasteiger charge is 2.18. The van der Waals surface area contributed by atoms with Gasteiger partial charge in [-0.2, -0.15) is 0 Å². The van der Waals surface area contributed by atoms with E-state index in [4.69, 9.17) is 4.42 Å². The summed E-state index contributed by atoms with van der Waals surface area (Å²) < 4.78 is 4.91. The topological polar surface area (TPSA) is 73.3 Å². The summed E-state index contributed by atoms with van der Waals surface area (Å²) in [6, 6.07) is 9.72. The molecule has 2 rings (SSSR count). The van der Waals surface area contributed by atoms with E-state index in [2.05, 4.69) is 13.8 Å². The van der Waals surface area contributed by atoms with Crippen LogP contribution in [-0.2, 0) is 6.42 Å². The Morgan fingerprint density at radius 2 is 1.85 bits per heavy atom. The Kier molecular flexibility index (Phi) is 3.98. The fourth-order valence-electron chi connectivity index (χ4n) is 1.95. The molecule has 1 heterocycles. The van der Waals surface area contributed by atoms with E-state index in [1.54, 1.807) is 12.1 Å². The number of carbonyl (C=O) groups is 1. The fourth-order valence-corrected chi connectivity index (χ4v) is 1.95. The lowest BCUT2D eigenvalue weighted by Gasteiger charge is -2.05. The lowest BCUT2D eigenvalue weighted by Crippen LogP contribution is -2.00. The third kappa shape index (κ3) is 3.12. The highest BCUT2D eigenvalue weighted by molar-refractivity contribution is 6.07. The Balaban J connectivity index is 2.18. The molecular formula is C15H15NO4. The average molecular weight is 273 g/mol. The van der Waals surface area contributed by atoms with Crippen LogP contribution in [-0.4, -0.2) is 10.7 Å². The molecule has 0 bridgehead atoms. The molecule has 104 valence electrons.